The van der Waals surface area contributed by atoms with Crippen molar-refractivity contribution in [2.45, 2.75) is 27.0 Å². The Labute approximate surface area is 120 Å². The van der Waals surface area contributed by atoms with Crippen LogP contribution in [0.5, 0.6) is 11.5 Å². The van der Waals surface area contributed by atoms with Crippen LogP contribution in [-0.2, 0) is 13.2 Å². The molecule has 20 heavy (non-hydrogen) atoms. The van der Waals surface area contributed by atoms with Crippen molar-refractivity contribution in [3.05, 3.63) is 59.2 Å². The van der Waals surface area contributed by atoms with Crippen LogP contribution in [0, 0.1) is 6.92 Å². The quantitative estimate of drug-likeness (QED) is 0.875. The van der Waals surface area contributed by atoms with Gasteiger partial charge in [-0.1, -0.05) is 42.0 Å². The molecule has 3 heteroatoms. The first-order chi connectivity index (χ1) is 9.74. The lowest BCUT2D eigenvalue weighted by Gasteiger charge is -2.15. The second kappa shape index (κ2) is 6.96. The lowest BCUT2D eigenvalue weighted by molar-refractivity contribution is 0.266. The van der Waals surface area contributed by atoms with E-state index in [0.29, 0.717) is 19.8 Å². The van der Waals surface area contributed by atoms with Gasteiger partial charge in [-0.2, -0.15) is 0 Å². The third kappa shape index (κ3) is 3.52. The van der Waals surface area contributed by atoms with E-state index in [-0.39, 0.29) is 0 Å². The summed E-state index contributed by atoms with van der Waals surface area (Å²) < 4.78 is 11.6. The van der Waals surface area contributed by atoms with Crippen molar-refractivity contribution >= 4 is 0 Å². The largest absolute Gasteiger partial charge is 0.490 e. The van der Waals surface area contributed by atoms with Crippen LogP contribution >= 0.6 is 0 Å². The van der Waals surface area contributed by atoms with Crippen LogP contribution in [0.4, 0.5) is 0 Å². The second-order valence-corrected chi connectivity index (χ2v) is 4.66. The minimum Gasteiger partial charge on any atom is -0.490 e. The lowest BCUT2D eigenvalue weighted by atomic mass is 10.1. The zero-order chi connectivity index (χ0) is 14.4. The van der Waals surface area contributed by atoms with E-state index in [1.165, 1.54) is 5.56 Å². The van der Waals surface area contributed by atoms with Gasteiger partial charge in [-0.15, -0.1) is 0 Å². The van der Waals surface area contributed by atoms with Crippen LogP contribution < -0.4 is 15.2 Å². The molecule has 106 valence electrons. The molecule has 0 fully saturated rings. The fourth-order valence-corrected chi connectivity index (χ4v) is 2.11. The highest BCUT2D eigenvalue weighted by molar-refractivity contribution is 5.46. The normalized spacial score (nSPS) is 10.3. The van der Waals surface area contributed by atoms with E-state index in [4.69, 9.17) is 15.2 Å². The maximum Gasteiger partial charge on any atom is 0.166 e. The summed E-state index contributed by atoms with van der Waals surface area (Å²) in [5, 5.41) is 0. The summed E-state index contributed by atoms with van der Waals surface area (Å²) in [7, 11) is 0. The van der Waals surface area contributed by atoms with Crippen LogP contribution in [0.1, 0.15) is 23.6 Å². The highest BCUT2D eigenvalue weighted by atomic mass is 16.5. The van der Waals surface area contributed by atoms with Crippen LogP contribution in [0.2, 0.25) is 0 Å². The van der Waals surface area contributed by atoms with Crippen LogP contribution in [0.25, 0.3) is 0 Å². The Kier molecular flexibility index (Phi) is 5.02. The Hall–Kier alpha value is -2.00. The minimum absolute atomic E-state index is 0.435. The molecular weight excluding hydrogens is 250 g/mol. The number of hydrogen-bond donors (Lipinski definition) is 1. The van der Waals surface area contributed by atoms with Gasteiger partial charge in [0.15, 0.2) is 11.5 Å². The van der Waals surface area contributed by atoms with E-state index in [1.54, 1.807) is 0 Å². The fraction of sp³-hybridized carbons (Fsp3) is 0.294. The first kappa shape index (κ1) is 14.4. The van der Waals surface area contributed by atoms with Crippen molar-refractivity contribution in [2.24, 2.45) is 5.73 Å². The summed E-state index contributed by atoms with van der Waals surface area (Å²) in [6.07, 6.45) is 0. The average molecular weight is 271 g/mol. The molecule has 0 aliphatic rings. The zero-order valence-electron chi connectivity index (χ0n) is 12.1. The Bertz CT molecular complexity index is 567. The van der Waals surface area contributed by atoms with Crippen LogP contribution in [0.15, 0.2) is 42.5 Å². The molecule has 0 atom stereocenters. The number of nitrogens with two attached hydrogens (primary N) is 1. The Balaban J connectivity index is 2.19. The van der Waals surface area contributed by atoms with Gasteiger partial charge in [-0.3, -0.25) is 0 Å². The summed E-state index contributed by atoms with van der Waals surface area (Å²) in [5.41, 5.74) is 9.10. The first-order valence-corrected chi connectivity index (χ1v) is 6.87. The Morgan fingerprint density at radius 1 is 1.05 bits per heavy atom. The predicted octanol–water partition coefficient (Wildman–Crippen LogP) is 3.43. The molecular formula is C17H21NO2. The van der Waals surface area contributed by atoms with Gasteiger partial charge in [0.1, 0.15) is 6.61 Å². The number of rotatable bonds is 6. The molecule has 0 heterocycles. The smallest absolute Gasteiger partial charge is 0.166 e. The molecule has 2 N–H and O–H groups in total. The van der Waals surface area contributed by atoms with Crippen molar-refractivity contribution in [3.63, 3.8) is 0 Å². The maximum absolute atomic E-state index is 5.95. The average Bonchev–Trinajstić information content (AvgIpc) is 2.46. The van der Waals surface area contributed by atoms with Crippen LogP contribution in [-0.4, -0.2) is 6.61 Å². The maximum atomic E-state index is 5.95. The Morgan fingerprint density at radius 3 is 2.55 bits per heavy atom. The van der Waals surface area contributed by atoms with E-state index in [2.05, 4.69) is 25.1 Å². The highest BCUT2D eigenvalue weighted by Gasteiger charge is 2.10. The number of hydrogen-bond acceptors (Lipinski definition) is 3. The molecule has 0 saturated carbocycles. The molecule has 0 saturated heterocycles. The van der Waals surface area contributed by atoms with Gasteiger partial charge in [0, 0.05) is 12.1 Å². The fourth-order valence-electron chi connectivity index (χ4n) is 2.11. The van der Waals surface area contributed by atoms with Gasteiger partial charge >= 0.3 is 0 Å². The molecule has 0 aliphatic heterocycles. The minimum atomic E-state index is 0.435. The van der Waals surface area contributed by atoms with E-state index in [0.717, 1.165) is 22.6 Å². The highest BCUT2D eigenvalue weighted by Crippen LogP contribution is 2.31. The summed E-state index contributed by atoms with van der Waals surface area (Å²) in [6.45, 7) is 5.58. The molecule has 0 amide bonds. The van der Waals surface area contributed by atoms with Crippen molar-refractivity contribution in [2.75, 3.05) is 6.61 Å². The third-order valence-electron chi connectivity index (χ3n) is 3.05. The molecule has 0 radical (unpaired) electrons. The summed E-state index contributed by atoms with van der Waals surface area (Å²) >= 11 is 0. The molecule has 2 aromatic rings. The molecule has 0 spiro atoms. The molecule has 0 aromatic heterocycles. The van der Waals surface area contributed by atoms with E-state index in [1.807, 2.05) is 31.2 Å². The monoisotopic (exact) mass is 271 g/mol. The molecule has 0 aliphatic carbocycles. The number of ether oxygens (including phenoxy) is 2. The molecule has 2 aromatic carbocycles. The van der Waals surface area contributed by atoms with Crippen LogP contribution in [0.3, 0.4) is 0 Å². The van der Waals surface area contributed by atoms with Gasteiger partial charge in [0.05, 0.1) is 6.61 Å². The van der Waals surface area contributed by atoms with Gasteiger partial charge in [-0.05, 0) is 25.5 Å². The molecule has 0 unspecified atom stereocenters. The van der Waals surface area contributed by atoms with Crippen molar-refractivity contribution in [1.82, 2.24) is 0 Å². The van der Waals surface area contributed by atoms with Gasteiger partial charge in [0.2, 0.25) is 0 Å². The third-order valence-corrected chi connectivity index (χ3v) is 3.05. The summed E-state index contributed by atoms with van der Waals surface area (Å²) in [4.78, 5) is 0. The first-order valence-electron chi connectivity index (χ1n) is 6.87. The van der Waals surface area contributed by atoms with E-state index in [9.17, 15) is 0 Å². The molecule has 2 rings (SSSR count). The standard InChI is InChI=1S/C17H21NO2/c1-3-19-16-9-5-8-15(11-18)17(16)20-12-14-7-4-6-13(2)10-14/h4-10H,3,11-12,18H2,1-2H3. The predicted molar refractivity (Wildman–Crippen MR) is 81.0 cm³/mol. The summed E-state index contributed by atoms with van der Waals surface area (Å²) in [5.74, 6) is 1.50. The molecule has 3 nitrogen and oxygen atoms in total. The number of para-hydroxylation sites is 1. The van der Waals surface area contributed by atoms with Gasteiger partial charge < -0.3 is 15.2 Å². The SMILES string of the molecule is CCOc1cccc(CN)c1OCc1cccc(C)c1. The van der Waals surface area contributed by atoms with Crippen molar-refractivity contribution < 1.29 is 9.47 Å². The van der Waals surface area contributed by atoms with Crippen molar-refractivity contribution in [1.29, 1.82) is 0 Å². The van der Waals surface area contributed by atoms with E-state index >= 15 is 0 Å². The van der Waals surface area contributed by atoms with E-state index < -0.39 is 0 Å². The van der Waals surface area contributed by atoms with Crippen molar-refractivity contribution in [3.8, 4) is 11.5 Å². The number of aryl methyl sites for hydroxylation is 1. The van der Waals surface area contributed by atoms with Gasteiger partial charge in [0.25, 0.3) is 0 Å². The second-order valence-electron chi connectivity index (χ2n) is 4.66. The van der Waals surface area contributed by atoms with Gasteiger partial charge in [-0.25, -0.2) is 0 Å². The number of benzene rings is 2. The lowest BCUT2D eigenvalue weighted by Crippen LogP contribution is -2.05. The molecule has 0 bridgehead atoms. The zero-order valence-corrected chi connectivity index (χ0v) is 12.1. The summed E-state index contributed by atoms with van der Waals surface area (Å²) in [6, 6.07) is 14.1. The Morgan fingerprint density at radius 2 is 1.85 bits per heavy atom. The topological polar surface area (TPSA) is 44.5 Å².